The predicted molar refractivity (Wildman–Crippen MR) is 84.6 cm³/mol. The molecule has 0 aromatic carbocycles. The summed E-state index contributed by atoms with van der Waals surface area (Å²) in [7, 11) is 1.61. The first-order valence-corrected chi connectivity index (χ1v) is 7.96. The number of pyridine rings is 1. The molecule has 1 aliphatic heterocycles. The first-order chi connectivity index (χ1) is 10.8. The molecule has 0 bridgehead atoms. The molecule has 1 atom stereocenters. The van der Waals surface area contributed by atoms with Crippen molar-refractivity contribution < 1.29 is 4.74 Å². The lowest BCUT2D eigenvalue weighted by Crippen LogP contribution is -2.14. The molecule has 0 saturated carbocycles. The van der Waals surface area contributed by atoms with Crippen LogP contribution in [0.2, 0.25) is 0 Å². The molecule has 1 N–H and O–H groups in total. The molecule has 6 heteroatoms. The topological polar surface area (TPSA) is 64.9 Å². The fraction of sp³-hybridized carbons (Fsp3) is 0.562. The van der Waals surface area contributed by atoms with Gasteiger partial charge < -0.3 is 10.1 Å². The molecule has 118 valence electrons. The van der Waals surface area contributed by atoms with Crippen LogP contribution >= 0.6 is 0 Å². The number of methoxy groups -OCH3 is 1. The molecule has 1 saturated heterocycles. The molecule has 2 aromatic rings. The highest BCUT2D eigenvalue weighted by Gasteiger charge is 2.12. The third-order valence-electron chi connectivity index (χ3n) is 4.24. The van der Waals surface area contributed by atoms with Gasteiger partial charge in [0, 0.05) is 24.4 Å². The van der Waals surface area contributed by atoms with Gasteiger partial charge in [0.25, 0.3) is 0 Å². The minimum absolute atomic E-state index is 0.609. The van der Waals surface area contributed by atoms with Crippen molar-refractivity contribution in [2.24, 2.45) is 5.92 Å². The van der Waals surface area contributed by atoms with Crippen LogP contribution in [-0.4, -0.2) is 40.2 Å². The fourth-order valence-electron chi connectivity index (χ4n) is 2.89. The van der Waals surface area contributed by atoms with Crippen LogP contribution in [0.4, 0.5) is 0 Å². The maximum absolute atomic E-state index is 5.07. The summed E-state index contributed by atoms with van der Waals surface area (Å²) in [4.78, 5) is 4.21. The third kappa shape index (κ3) is 3.82. The summed E-state index contributed by atoms with van der Waals surface area (Å²) >= 11 is 0. The molecule has 1 fully saturated rings. The highest BCUT2D eigenvalue weighted by atomic mass is 16.5. The van der Waals surface area contributed by atoms with Crippen molar-refractivity contribution in [2.75, 3.05) is 20.2 Å². The fourth-order valence-corrected chi connectivity index (χ4v) is 2.89. The Bertz CT molecular complexity index is 572. The quantitative estimate of drug-likeness (QED) is 0.916. The number of ether oxygens (including phenoxy) is 1. The Hall–Kier alpha value is -1.95. The van der Waals surface area contributed by atoms with Gasteiger partial charge in [-0.25, -0.2) is 4.98 Å². The van der Waals surface area contributed by atoms with Crippen LogP contribution < -0.4 is 10.1 Å². The maximum atomic E-state index is 5.07. The summed E-state index contributed by atoms with van der Waals surface area (Å²) in [6.07, 6.45) is 8.81. The van der Waals surface area contributed by atoms with Gasteiger partial charge in [-0.05, 0) is 50.8 Å². The summed E-state index contributed by atoms with van der Waals surface area (Å²) < 4.78 is 7.01. The molecule has 2 aromatic heterocycles. The Morgan fingerprint density at radius 3 is 3.09 bits per heavy atom. The maximum Gasteiger partial charge on any atom is 0.212 e. The van der Waals surface area contributed by atoms with E-state index in [4.69, 9.17) is 4.74 Å². The smallest absolute Gasteiger partial charge is 0.212 e. The van der Waals surface area contributed by atoms with Crippen LogP contribution in [0.5, 0.6) is 5.88 Å². The zero-order valence-electron chi connectivity index (χ0n) is 13.0. The van der Waals surface area contributed by atoms with Crippen LogP contribution in [0.1, 0.15) is 25.7 Å². The lowest BCUT2D eigenvalue weighted by molar-refractivity contribution is 0.393. The Morgan fingerprint density at radius 1 is 1.32 bits per heavy atom. The second-order valence-electron chi connectivity index (χ2n) is 5.79. The molecule has 0 aliphatic carbocycles. The molecule has 22 heavy (non-hydrogen) atoms. The highest BCUT2D eigenvalue weighted by molar-refractivity contribution is 5.56. The van der Waals surface area contributed by atoms with Gasteiger partial charge in [-0.1, -0.05) is 5.21 Å². The van der Waals surface area contributed by atoms with Crippen molar-refractivity contribution in [1.82, 2.24) is 25.3 Å². The van der Waals surface area contributed by atoms with Gasteiger partial charge in [-0.15, -0.1) is 5.10 Å². The van der Waals surface area contributed by atoms with Gasteiger partial charge >= 0.3 is 0 Å². The summed E-state index contributed by atoms with van der Waals surface area (Å²) in [5, 5.41) is 11.9. The SMILES string of the molecule is COc1ccc(-c2cn(CCC3CCCNCC3)nn2)cn1. The molecule has 6 nitrogen and oxygen atoms in total. The summed E-state index contributed by atoms with van der Waals surface area (Å²) in [6, 6.07) is 3.80. The number of rotatable bonds is 5. The monoisotopic (exact) mass is 301 g/mol. The first kappa shape index (κ1) is 15.0. The van der Waals surface area contributed by atoms with Crippen molar-refractivity contribution in [1.29, 1.82) is 0 Å². The average molecular weight is 301 g/mol. The Balaban J connectivity index is 1.58. The van der Waals surface area contributed by atoms with Crippen molar-refractivity contribution in [3.05, 3.63) is 24.5 Å². The molecule has 1 unspecified atom stereocenters. The van der Waals surface area contributed by atoms with Crippen LogP contribution in [0.3, 0.4) is 0 Å². The van der Waals surface area contributed by atoms with Gasteiger partial charge in [0.15, 0.2) is 0 Å². The first-order valence-electron chi connectivity index (χ1n) is 7.96. The van der Waals surface area contributed by atoms with Crippen molar-refractivity contribution in [3.63, 3.8) is 0 Å². The molecular weight excluding hydrogens is 278 g/mol. The van der Waals surface area contributed by atoms with E-state index in [0.717, 1.165) is 36.8 Å². The van der Waals surface area contributed by atoms with Crippen molar-refractivity contribution >= 4 is 0 Å². The third-order valence-corrected chi connectivity index (χ3v) is 4.24. The van der Waals surface area contributed by atoms with Crippen LogP contribution in [0.25, 0.3) is 11.3 Å². The molecular formula is C16H23N5O. The van der Waals surface area contributed by atoms with E-state index in [-0.39, 0.29) is 0 Å². The van der Waals surface area contributed by atoms with Crippen LogP contribution in [0.15, 0.2) is 24.5 Å². The van der Waals surface area contributed by atoms with Crippen LogP contribution in [0, 0.1) is 5.92 Å². The van der Waals surface area contributed by atoms with Crippen molar-refractivity contribution in [3.8, 4) is 17.1 Å². The lowest BCUT2D eigenvalue weighted by Gasteiger charge is -2.12. The number of nitrogens with one attached hydrogen (secondary N) is 1. The van der Waals surface area contributed by atoms with Gasteiger partial charge in [0.05, 0.1) is 13.3 Å². The Labute approximate surface area is 130 Å². The normalized spacial score (nSPS) is 18.9. The van der Waals surface area contributed by atoms with E-state index < -0.39 is 0 Å². The lowest BCUT2D eigenvalue weighted by atomic mass is 9.97. The molecule has 0 radical (unpaired) electrons. The summed E-state index contributed by atoms with van der Waals surface area (Å²) in [6.45, 7) is 3.24. The highest BCUT2D eigenvalue weighted by Crippen LogP contribution is 2.20. The molecule has 3 heterocycles. The molecule has 3 rings (SSSR count). The minimum Gasteiger partial charge on any atom is -0.481 e. The van der Waals surface area contributed by atoms with Gasteiger partial charge in [-0.3, -0.25) is 4.68 Å². The van der Waals surface area contributed by atoms with Gasteiger partial charge in [-0.2, -0.15) is 0 Å². The number of aryl methyl sites for hydroxylation is 1. The minimum atomic E-state index is 0.609. The van der Waals surface area contributed by atoms with E-state index in [2.05, 4.69) is 20.6 Å². The van der Waals surface area contributed by atoms with Crippen molar-refractivity contribution in [2.45, 2.75) is 32.2 Å². The van der Waals surface area contributed by atoms with E-state index in [9.17, 15) is 0 Å². The second kappa shape index (κ2) is 7.35. The Kier molecular flexibility index (Phi) is 5.00. The number of hydrogen-bond donors (Lipinski definition) is 1. The zero-order valence-corrected chi connectivity index (χ0v) is 13.0. The van der Waals surface area contributed by atoms with E-state index in [1.165, 1.54) is 25.7 Å². The van der Waals surface area contributed by atoms with E-state index in [1.807, 2.05) is 23.0 Å². The molecule has 0 amide bonds. The number of hydrogen-bond acceptors (Lipinski definition) is 5. The second-order valence-corrected chi connectivity index (χ2v) is 5.79. The van der Waals surface area contributed by atoms with E-state index in [0.29, 0.717) is 5.88 Å². The summed E-state index contributed by atoms with van der Waals surface area (Å²) in [5.74, 6) is 1.41. The largest absolute Gasteiger partial charge is 0.481 e. The summed E-state index contributed by atoms with van der Waals surface area (Å²) in [5.41, 5.74) is 1.82. The zero-order chi connectivity index (χ0) is 15.2. The standard InChI is InChI=1S/C16H23N5O/c1-22-16-5-4-14(11-18-16)15-12-21(20-19-15)10-7-13-3-2-8-17-9-6-13/h4-5,11-13,17H,2-3,6-10H2,1H3. The average Bonchev–Trinajstić information content (AvgIpc) is 2.88. The Morgan fingerprint density at radius 2 is 2.27 bits per heavy atom. The van der Waals surface area contributed by atoms with E-state index >= 15 is 0 Å². The van der Waals surface area contributed by atoms with Gasteiger partial charge in [0.1, 0.15) is 5.69 Å². The van der Waals surface area contributed by atoms with E-state index in [1.54, 1.807) is 13.3 Å². The molecule has 1 aliphatic rings. The predicted octanol–water partition coefficient (Wildman–Crippen LogP) is 2.13. The molecule has 0 spiro atoms. The van der Waals surface area contributed by atoms with Gasteiger partial charge in [0.2, 0.25) is 5.88 Å². The van der Waals surface area contributed by atoms with Crippen LogP contribution in [-0.2, 0) is 6.54 Å². The number of nitrogens with zero attached hydrogens (tertiary/aromatic N) is 4. The number of aromatic nitrogens is 4.